The van der Waals surface area contributed by atoms with Gasteiger partial charge in [0.1, 0.15) is 5.58 Å². The number of carbonyl (C=O) groups is 1. The Hall–Kier alpha value is -1.77. The lowest BCUT2D eigenvalue weighted by Crippen LogP contribution is -2.11. The number of hydrogen-bond acceptors (Lipinski definition) is 2. The summed E-state index contributed by atoms with van der Waals surface area (Å²) >= 11 is 0. The maximum atomic E-state index is 10.9. The summed E-state index contributed by atoms with van der Waals surface area (Å²) in [6.07, 6.45) is 1.57. The molecule has 0 fully saturated rings. The molecule has 1 N–H and O–H groups in total. The van der Waals surface area contributed by atoms with E-state index in [1.165, 1.54) is 0 Å². The Bertz CT molecular complexity index is 600. The molecule has 2 rings (SSSR count). The van der Waals surface area contributed by atoms with Crippen LogP contribution in [0.4, 0.5) is 0 Å². The van der Waals surface area contributed by atoms with E-state index < -0.39 is 5.97 Å². The molecule has 0 aliphatic rings. The van der Waals surface area contributed by atoms with Crippen molar-refractivity contribution in [3.63, 3.8) is 0 Å². The molecule has 3 heteroatoms. The molecule has 0 atom stereocenters. The molecule has 0 radical (unpaired) electrons. The second kappa shape index (κ2) is 4.16. The zero-order chi connectivity index (χ0) is 13.5. The Morgan fingerprint density at radius 2 is 2.00 bits per heavy atom. The summed E-state index contributed by atoms with van der Waals surface area (Å²) < 4.78 is 5.63. The van der Waals surface area contributed by atoms with Gasteiger partial charge in [0.05, 0.1) is 12.7 Å². The molecule has 0 unspecified atom stereocenters. The summed E-state index contributed by atoms with van der Waals surface area (Å²) in [5, 5.41) is 9.87. The fourth-order valence-electron chi connectivity index (χ4n) is 2.28. The van der Waals surface area contributed by atoms with Gasteiger partial charge in [-0.1, -0.05) is 32.9 Å². The van der Waals surface area contributed by atoms with E-state index in [1.807, 2.05) is 13.0 Å². The first-order valence-corrected chi connectivity index (χ1v) is 6.02. The van der Waals surface area contributed by atoms with Gasteiger partial charge < -0.3 is 9.52 Å². The van der Waals surface area contributed by atoms with Crippen molar-refractivity contribution in [2.75, 3.05) is 0 Å². The van der Waals surface area contributed by atoms with Crippen LogP contribution in [0.3, 0.4) is 0 Å². The minimum atomic E-state index is -0.835. The van der Waals surface area contributed by atoms with Gasteiger partial charge in [-0.3, -0.25) is 4.79 Å². The monoisotopic (exact) mass is 246 g/mol. The van der Waals surface area contributed by atoms with E-state index in [0.717, 1.165) is 27.7 Å². The van der Waals surface area contributed by atoms with Crippen molar-refractivity contribution >= 4 is 16.9 Å². The lowest BCUT2D eigenvalue weighted by atomic mass is 9.85. The lowest BCUT2D eigenvalue weighted by molar-refractivity contribution is -0.136. The zero-order valence-electron chi connectivity index (χ0n) is 11.2. The van der Waals surface area contributed by atoms with Gasteiger partial charge in [0.2, 0.25) is 0 Å². The number of fused-ring (bicyclic) bond motifs is 1. The van der Waals surface area contributed by atoms with Crippen molar-refractivity contribution in [1.82, 2.24) is 0 Å². The van der Waals surface area contributed by atoms with Crippen LogP contribution in [0.25, 0.3) is 11.0 Å². The fourth-order valence-corrected chi connectivity index (χ4v) is 2.28. The van der Waals surface area contributed by atoms with Crippen LogP contribution >= 0.6 is 0 Å². The van der Waals surface area contributed by atoms with Crippen molar-refractivity contribution in [3.05, 3.63) is 35.1 Å². The van der Waals surface area contributed by atoms with Crippen LogP contribution in [0.15, 0.2) is 22.8 Å². The second-order valence-corrected chi connectivity index (χ2v) is 5.72. The number of carboxylic acid groups (broad SMARTS) is 1. The number of furan rings is 1. The van der Waals surface area contributed by atoms with Crippen molar-refractivity contribution in [2.45, 2.75) is 39.5 Å². The highest BCUT2D eigenvalue weighted by molar-refractivity contribution is 5.90. The third kappa shape index (κ3) is 2.13. The maximum absolute atomic E-state index is 10.9. The third-order valence-corrected chi connectivity index (χ3v) is 3.16. The van der Waals surface area contributed by atoms with Crippen LogP contribution < -0.4 is 0 Å². The van der Waals surface area contributed by atoms with E-state index in [9.17, 15) is 4.79 Å². The smallest absolute Gasteiger partial charge is 0.307 e. The van der Waals surface area contributed by atoms with Crippen LogP contribution in [-0.4, -0.2) is 11.1 Å². The van der Waals surface area contributed by atoms with E-state index in [0.29, 0.717) is 0 Å². The summed E-state index contributed by atoms with van der Waals surface area (Å²) in [6, 6.07) is 4.09. The number of carboxylic acids is 1. The quantitative estimate of drug-likeness (QED) is 0.879. The molecule has 0 spiro atoms. The first-order chi connectivity index (χ1) is 8.30. The first-order valence-electron chi connectivity index (χ1n) is 6.02. The molecule has 2 aromatic rings. The number of hydrogen-bond donors (Lipinski definition) is 1. The van der Waals surface area contributed by atoms with Gasteiger partial charge in [-0.15, -0.1) is 0 Å². The summed E-state index contributed by atoms with van der Waals surface area (Å²) in [6.45, 7) is 8.35. The maximum Gasteiger partial charge on any atom is 0.307 e. The Morgan fingerprint density at radius 1 is 1.33 bits per heavy atom. The standard InChI is InChI=1S/C15H18O3/c1-9-5-6-11(15(2,3)4)14-13(9)10(8-18-14)7-12(16)17/h5-6,8H,7H2,1-4H3,(H,16,17). The Labute approximate surface area is 106 Å². The van der Waals surface area contributed by atoms with Gasteiger partial charge in [0, 0.05) is 16.5 Å². The molecule has 3 nitrogen and oxygen atoms in total. The van der Waals surface area contributed by atoms with Crippen molar-refractivity contribution in [3.8, 4) is 0 Å². The van der Waals surface area contributed by atoms with E-state index in [2.05, 4.69) is 26.8 Å². The summed E-state index contributed by atoms with van der Waals surface area (Å²) in [5.41, 5.74) is 3.71. The minimum Gasteiger partial charge on any atom is -0.481 e. The summed E-state index contributed by atoms with van der Waals surface area (Å²) in [7, 11) is 0. The van der Waals surface area contributed by atoms with Gasteiger partial charge in [-0.05, 0) is 17.9 Å². The number of rotatable bonds is 2. The molecule has 1 heterocycles. The average Bonchev–Trinajstić information content (AvgIpc) is 2.60. The normalized spacial score (nSPS) is 12.0. The highest BCUT2D eigenvalue weighted by atomic mass is 16.4. The van der Waals surface area contributed by atoms with Crippen LogP contribution in [0.2, 0.25) is 0 Å². The third-order valence-electron chi connectivity index (χ3n) is 3.16. The average molecular weight is 246 g/mol. The molecule has 0 amide bonds. The largest absolute Gasteiger partial charge is 0.481 e. The molecular formula is C15H18O3. The van der Waals surface area contributed by atoms with Gasteiger partial charge in [0.25, 0.3) is 0 Å². The molecule has 0 aliphatic carbocycles. The van der Waals surface area contributed by atoms with Crippen molar-refractivity contribution < 1.29 is 14.3 Å². The fraction of sp³-hybridized carbons (Fsp3) is 0.400. The van der Waals surface area contributed by atoms with E-state index >= 15 is 0 Å². The van der Waals surface area contributed by atoms with Crippen LogP contribution in [0, 0.1) is 6.92 Å². The second-order valence-electron chi connectivity index (χ2n) is 5.72. The van der Waals surface area contributed by atoms with Gasteiger partial charge in [0.15, 0.2) is 0 Å². The topological polar surface area (TPSA) is 50.4 Å². The Balaban J connectivity index is 2.71. The predicted molar refractivity (Wildman–Crippen MR) is 71.0 cm³/mol. The highest BCUT2D eigenvalue weighted by Crippen LogP contribution is 2.34. The Morgan fingerprint density at radius 3 is 2.56 bits per heavy atom. The first kappa shape index (κ1) is 12.7. The number of aliphatic carboxylic acids is 1. The summed E-state index contributed by atoms with van der Waals surface area (Å²) in [4.78, 5) is 10.9. The molecule has 96 valence electrons. The lowest BCUT2D eigenvalue weighted by Gasteiger charge is -2.19. The zero-order valence-corrected chi connectivity index (χ0v) is 11.2. The summed E-state index contributed by atoms with van der Waals surface area (Å²) in [5.74, 6) is -0.835. The molecule has 0 aliphatic heterocycles. The minimum absolute atomic E-state index is 0.00142. The number of benzene rings is 1. The SMILES string of the molecule is Cc1ccc(C(C)(C)C)c2occ(CC(=O)O)c12. The van der Waals surface area contributed by atoms with E-state index in [4.69, 9.17) is 9.52 Å². The van der Waals surface area contributed by atoms with Gasteiger partial charge >= 0.3 is 5.97 Å². The molecule has 1 aromatic carbocycles. The van der Waals surface area contributed by atoms with Crippen LogP contribution in [0.1, 0.15) is 37.5 Å². The van der Waals surface area contributed by atoms with Crippen LogP contribution in [0.5, 0.6) is 0 Å². The van der Waals surface area contributed by atoms with Crippen molar-refractivity contribution in [1.29, 1.82) is 0 Å². The predicted octanol–water partition coefficient (Wildman–Crippen LogP) is 3.67. The molecule has 18 heavy (non-hydrogen) atoms. The molecule has 0 bridgehead atoms. The molecule has 0 saturated carbocycles. The van der Waals surface area contributed by atoms with E-state index in [-0.39, 0.29) is 11.8 Å². The Kier molecular flexibility index (Phi) is 2.93. The van der Waals surface area contributed by atoms with Crippen molar-refractivity contribution in [2.24, 2.45) is 0 Å². The van der Waals surface area contributed by atoms with Gasteiger partial charge in [-0.2, -0.15) is 0 Å². The van der Waals surface area contributed by atoms with Crippen LogP contribution in [-0.2, 0) is 16.6 Å². The number of aryl methyl sites for hydroxylation is 1. The molecule has 0 saturated heterocycles. The van der Waals surface area contributed by atoms with Gasteiger partial charge in [-0.25, -0.2) is 0 Å². The highest BCUT2D eigenvalue weighted by Gasteiger charge is 2.22. The molecule has 1 aromatic heterocycles. The van der Waals surface area contributed by atoms with E-state index in [1.54, 1.807) is 6.26 Å². The molecular weight excluding hydrogens is 228 g/mol.